The summed E-state index contributed by atoms with van der Waals surface area (Å²) in [7, 11) is 2.05. The van der Waals surface area contributed by atoms with Crippen molar-refractivity contribution in [1.29, 1.82) is 0 Å². The normalized spacial score (nSPS) is 19.6. The minimum atomic E-state index is -0.225. The molecule has 0 aliphatic carbocycles. The number of rotatable bonds is 3. The molecule has 136 valence electrons. The molecule has 7 heteroatoms. The summed E-state index contributed by atoms with van der Waals surface area (Å²) in [6, 6.07) is 5.05. The first-order valence-electron chi connectivity index (χ1n) is 8.80. The van der Waals surface area contributed by atoms with E-state index in [1.807, 2.05) is 11.9 Å². The second kappa shape index (κ2) is 7.84. The Morgan fingerprint density at radius 2 is 1.84 bits per heavy atom. The zero-order valence-electron chi connectivity index (χ0n) is 14.7. The van der Waals surface area contributed by atoms with Crippen LogP contribution in [0.15, 0.2) is 18.2 Å². The fourth-order valence-corrected chi connectivity index (χ4v) is 3.18. The number of hydrogen-bond acceptors (Lipinski definition) is 5. The third-order valence-corrected chi connectivity index (χ3v) is 4.89. The lowest BCUT2D eigenvalue weighted by atomic mass is 10.0. The molecule has 2 aliphatic heterocycles. The molecule has 3 N–H and O–H groups in total. The Kier molecular flexibility index (Phi) is 5.55. The summed E-state index contributed by atoms with van der Waals surface area (Å²) < 4.78 is 5.31. The molecule has 7 nitrogen and oxygen atoms in total. The molecule has 2 heterocycles. The van der Waals surface area contributed by atoms with Crippen LogP contribution in [0.2, 0.25) is 0 Å². The van der Waals surface area contributed by atoms with Crippen LogP contribution in [0.25, 0.3) is 0 Å². The lowest BCUT2D eigenvalue weighted by Gasteiger charge is -2.32. The van der Waals surface area contributed by atoms with Gasteiger partial charge >= 0.3 is 0 Å². The fraction of sp³-hybridized carbons (Fsp3) is 0.556. The summed E-state index contributed by atoms with van der Waals surface area (Å²) in [5.74, 6) is -0.273. The number of piperazine rings is 1. The zero-order valence-corrected chi connectivity index (χ0v) is 14.7. The van der Waals surface area contributed by atoms with Gasteiger partial charge in [-0.3, -0.25) is 9.59 Å². The number of anilines is 1. The smallest absolute Gasteiger partial charge is 0.253 e. The first-order chi connectivity index (χ1) is 12.0. The first-order valence-corrected chi connectivity index (χ1v) is 8.80. The van der Waals surface area contributed by atoms with E-state index >= 15 is 0 Å². The summed E-state index contributed by atoms with van der Waals surface area (Å²) in [6.45, 7) is 4.42. The quantitative estimate of drug-likeness (QED) is 0.781. The highest BCUT2D eigenvalue weighted by Crippen LogP contribution is 2.18. The highest BCUT2D eigenvalue weighted by Gasteiger charge is 2.23. The van der Waals surface area contributed by atoms with Gasteiger partial charge in [0.25, 0.3) is 11.8 Å². The number of nitrogen functional groups attached to an aromatic ring is 1. The van der Waals surface area contributed by atoms with Gasteiger partial charge in [-0.2, -0.15) is 0 Å². The van der Waals surface area contributed by atoms with Crippen LogP contribution in [-0.4, -0.2) is 74.1 Å². The molecule has 3 rings (SSSR count). The Hall–Kier alpha value is -2.12. The molecular weight excluding hydrogens is 320 g/mol. The molecule has 1 aromatic rings. The molecule has 0 radical (unpaired) electrons. The fourth-order valence-electron chi connectivity index (χ4n) is 3.18. The molecule has 2 amide bonds. The second-order valence-electron chi connectivity index (χ2n) is 6.76. The van der Waals surface area contributed by atoms with Gasteiger partial charge in [-0.1, -0.05) is 0 Å². The minimum Gasteiger partial charge on any atom is -0.398 e. The average Bonchev–Trinajstić information content (AvgIpc) is 2.63. The van der Waals surface area contributed by atoms with Gasteiger partial charge in [-0.05, 0) is 38.1 Å². The maximum Gasteiger partial charge on any atom is 0.253 e. The third kappa shape index (κ3) is 4.29. The van der Waals surface area contributed by atoms with Crippen LogP contribution in [0.4, 0.5) is 5.69 Å². The number of nitrogens with one attached hydrogen (secondary N) is 1. The lowest BCUT2D eigenvalue weighted by Crippen LogP contribution is -2.47. The van der Waals surface area contributed by atoms with Crippen LogP contribution in [0, 0.1) is 0 Å². The number of carbonyl (C=O) groups is 2. The van der Waals surface area contributed by atoms with Gasteiger partial charge in [0.1, 0.15) is 0 Å². The van der Waals surface area contributed by atoms with E-state index in [0.29, 0.717) is 43.1 Å². The molecule has 2 fully saturated rings. The first kappa shape index (κ1) is 17.7. The Balaban J connectivity index is 1.71. The van der Waals surface area contributed by atoms with E-state index < -0.39 is 0 Å². The molecule has 25 heavy (non-hydrogen) atoms. The van der Waals surface area contributed by atoms with Gasteiger partial charge in [0.05, 0.1) is 5.56 Å². The van der Waals surface area contributed by atoms with Crippen LogP contribution in [0.5, 0.6) is 0 Å². The van der Waals surface area contributed by atoms with Crippen molar-refractivity contribution in [3.05, 3.63) is 29.3 Å². The number of ether oxygens (including phenoxy) is 1. The lowest BCUT2D eigenvalue weighted by molar-refractivity contribution is 0.0664. The minimum absolute atomic E-state index is 0.0479. The summed E-state index contributed by atoms with van der Waals surface area (Å²) in [5, 5.41) is 3.00. The van der Waals surface area contributed by atoms with Gasteiger partial charge in [0.15, 0.2) is 0 Å². The maximum atomic E-state index is 12.7. The van der Waals surface area contributed by atoms with Crippen molar-refractivity contribution in [2.24, 2.45) is 0 Å². The number of likely N-dealkylation sites (N-methyl/N-ethyl adjacent to an activating group) is 1. The van der Waals surface area contributed by atoms with Crippen molar-refractivity contribution in [2.45, 2.75) is 18.9 Å². The standard InChI is InChI=1S/C18H26N4O3/c1-21-6-8-22(9-7-21)18(24)13-2-3-16(19)15(12-13)17(23)20-14-4-10-25-11-5-14/h2-3,12,14H,4-11,19H2,1H3,(H,20,23). The van der Waals surface area contributed by atoms with E-state index in [1.165, 1.54) is 0 Å². The molecule has 0 spiro atoms. The predicted octanol–water partition coefficient (Wildman–Crippen LogP) is 0.565. The van der Waals surface area contributed by atoms with Gasteiger partial charge in [-0.25, -0.2) is 0 Å². The molecule has 2 saturated heterocycles. The van der Waals surface area contributed by atoms with Crippen LogP contribution < -0.4 is 11.1 Å². The maximum absolute atomic E-state index is 12.7. The molecule has 0 atom stereocenters. The van der Waals surface area contributed by atoms with Gasteiger partial charge in [0, 0.05) is 56.7 Å². The molecule has 2 aliphatic rings. The molecule has 1 aromatic carbocycles. The molecule has 0 bridgehead atoms. The highest BCUT2D eigenvalue weighted by molar-refractivity contribution is 6.03. The molecule has 0 unspecified atom stereocenters. The van der Waals surface area contributed by atoms with E-state index in [-0.39, 0.29) is 17.9 Å². The Morgan fingerprint density at radius 3 is 2.52 bits per heavy atom. The van der Waals surface area contributed by atoms with Crippen LogP contribution in [-0.2, 0) is 4.74 Å². The van der Waals surface area contributed by atoms with E-state index in [2.05, 4.69) is 10.2 Å². The largest absolute Gasteiger partial charge is 0.398 e. The van der Waals surface area contributed by atoms with E-state index in [4.69, 9.17) is 10.5 Å². The zero-order chi connectivity index (χ0) is 17.8. The van der Waals surface area contributed by atoms with Crippen LogP contribution in [0.1, 0.15) is 33.6 Å². The summed E-state index contributed by atoms with van der Waals surface area (Å²) in [5.41, 5.74) is 7.24. The van der Waals surface area contributed by atoms with Crippen molar-refractivity contribution in [3.63, 3.8) is 0 Å². The van der Waals surface area contributed by atoms with Crippen molar-refractivity contribution >= 4 is 17.5 Å². The monoisotopic (exact) mass is 346 g/mol. The van der Waals surface area contributed by atoms with Crippen LogP contribution in [0.3, 0.4) is 0 Å². The number of hydrogen-bond donors (Lipinski definition) is 2. The predicted molar refractivity (Wildman–Crippen MR) is 95.6 cm³/mol. The van der Waals surface area contributed by atoms with Crippen LogP contribution >= 0.6 is 0 Å². The Morgan fingerprint density at radius 1 is 1.16 bits per heavy atom. The number of nitrogens with zero attached hydrogens (tertiary/aromatic N) is 2. The molecule has 0 saturated carbocycles. The van der Waals surface area contributed by atoms with E-state index in [1.54, 1.807) is 18.2 Å². The van der Waals surface area contributed by atoms with Crippen molar-refractivity contribution < 1.29 is 14.3 Å². The van der Waals surface area contributed by atoms with Crippen molar-refractivity contribution in [2.75, 3.05) is 52.2 Å². The SMILES string of the molecule is CN1CCN(C(=O)c2ccc(N)c(C(=O)NC3CCOCC3)c2)CC1. The average molecular weight is 346 g/mol. The Bertz CT molecular complexity index is 635. The number of nitrogens with two attached hydrogens (primary N) is 1. The number of carbonyl (C=O) groups excluding carboxylic acids is 2. The summed E-state index contributed by atoms with van der Waals surface area (Å²) in [4.78, 5) is 29.3. The molecular formula is C18H26N4O3. The topological polar surface area (TPSA) is 87.9 Å². The second-order valence-corrected chi connectivity index (χ2v) is 6.76. The van der Waals surface area contributed by atoms with E-state index in [9.17, 15) is 9.59 Å². The van der Waals surface area contributed by atoms with Gasteiger partial charge in [0.2, 0.25) is 0 Å². The van der Waals surface area contributed by atoms with E-state index in [0.717, 1.165) is 25.9 Å². The Labute approximate surface area is 148 Å². The van der Waals surface area contributed by atoms with Crippen molar-refractivity contribution in [3.8, 4) is 0 Å². The summed E-state index contributed by atoms with van der Waals surface area (Å²) >= 11 is 0. The number of benzene rings is 1. The highest BCUT2D eigenvalue weighted by atomic mass is 16.5. The third-order valence-electron chi connectivity index (χ3n) is 4.89. The van der Waals surface area contributed by atoms with Gasteiger partial charge < -0.3 is 25.6 Å². The van der Waals surface area contributed by atoms with Gasteiger partial charge in [-0.15, -0.1) is 0 Å². The molecule has 0 aromatic heterocycles. The number of amides is 2. The van der Waals surface area contributed by atoms with Crippen molar-refractivity contribution in [1.82, 2.24) is 15.1 Å². The summed E-state index contributed by atoms with van der Waals surface area (Å²) in [6.07, 6.45) is 1.59.